The highest BCUT2D eigenvalue weighted by molar-refractivity contribution is 9.10. The van der Waals surface area contributed by atoms with Gasteiger partial charge in [-0.3, -0.25) is 4.98 Å². The van der Waals surface area contributed by atoms with Crippen molar-refractivity contribution in [1.29, 1.82) is 0 Å². The van der Waals surface area contributed by atoms with Gasteiger partial charge in [0.2, 0.25) is 0 Å². The van der Waals surface area contributed by atoms with Gasteiger partial charge in [-0.15, -0.1) is 0 Å². The average molecular weight is 309 g/mol. The maximum absolute atomic E-state index is 5.80. The van der Waals surface area contributed by atoms with Crippen molar-refractivity contribution < 1.29 is 9.47 Å². The Hall–Kier alpha value is -1.20. The van der Waals surface area contributed by atoms with Gasteiger partial charge < -0.3 is 9.47 Å². The molecule has 1 aliphatic heterocycles. The SMILES string of the molecule is Brc1cnc2c(OCC3CCCO3)ccnc2c1. The lowest BCUT2D eigenvalue weighted by Crippen LogP contribution is -2.16. The van der Waals surface area contributed by atoms with Crippen molar-refractivity contribution in [2.75, 3.05) is 13.2 Å². The number of hydrogen-bond acceptors (Lipinski definition) is 4. The smallest absolute Gasteiger partial charge is 0.148 e. The third kappa shape index (κ3) is 2.47. The fraction of sp³-hybridized carbons (Fsp3) is 0.385. The molecule has 18 heavy (non-hydrogen) atoms. The van der Waals surface area contributed by atoms with Crippen molar-refractivity contribution in [3.05, 3.63) is 29.0 Å². The molecule has 1 atom stereocenters. The van der Waals surface area contributed by atoms with Crippen LogP contribution in [0.5, 0.6) is 5.75 Å². The summed E-state index contributed by atoms with van der Waals surface area (Å²) < 4.78 is 12.3. The van der Waals surface area contributed by atoms with E-state index >= 15 is 0 Å². The largest absolute Gasteiger partial charge is 0.488 e. The topological polar surface area (TPSA) is 44.2 Å². The highest BCUT2D eigenvalue weighted by atomic mass is 79.9. The molecule has 3 heterocycles. The Balaban J connectivity index is 1.82. The summed E-state index contributed by atoms with van der Waals surface area (Å²) in [6, 6.07) is 3.78. The molecular formula is C13H13BrN2O2. The molecule has 0 N–H and O–H groups in total. The molecule has 1 unspecified atom stereocenters. The summed E-state index contributed by atoms with van der Waals surface area (Å²) in [6.07, 6.45) is 5.89. The summed E-state index contributed by atoms with van der Waals surface area (Å²) in [5.41, 5.74) is 1.62. The third-order valence-electron chi connectivity index (χ3n) is 2.96. The fourth-order valence-corrected chi connectivity index (χ4v) is 2.38. The first kappa shape index (κ1) is 11.9. The molecule has 1 saturated heterocycles. The normalized spacial score (nSPS) is 19.3. The van der Waals surface area contributed by atoms with Crippen LogP contribution in [0.3, 0.4) is 0 Å². The second-order valence-corrected chi connectivity index (χ2v) is 5.19. The van der Waals surface area contributed by atoms with Crippen LogP contribution in [0.2, 0.25) is 0 Å². The monoisotopic (exact) mass is 308 g/mol. The average Bonchev–Trinajstić information content (AvgIpc) is 2.89. The Bertz CT molecular complexity index is 556. The van der Waals surface area contributed by atoms with Gasteiger partial charge in [-0.2, -0.15) is 0 Å². The molecule has 0 aliphatic carbocycles. The molecule has 5 heteroatoms. The molecule has 0 radical (unpaired) electrons. The van der Waals surface area contributed by atoms with E-state index in [1.807, 2.05) is 12.1 Å². The molecule has 1 fully saturated rings. The van der Waals surface area contributed by atoms with Gasteiger partial charge in [-0.05, 0) is 34.8 Å². The van der Waals surface area contributed by atoms with Gasteiger partial charge in [0.15, 0.2) is 0 Å². The zero-order valence-electron chi connectivity index (χ0n) is 9.80. The van der Waals surface area contributed by atoms with E-state index in [2.05, 4.69) is 25.9 Å². The van der Waals surface area contributed by atoms with E-state index in [1.54, 1.807) is 12.4 Å². The van der Waals surface area contributed by atoms with E-state index in [1.165, 1.54) is 0 Å². The molecule has 2 aromatic rings. The van der Waals surface area contributed by atoms with E-state index in [0.29, 0.717) is 6.61 Å². The summed E-state index contributed by atoms with van der Waals surface area (Å²) in [4.78, 5) is 8.63. The van der Waals surface area contributed by atoms with E-state index in [4.69, 9.17) is 9.47 Å². The van der Waals surface area contributed by atoms with Gasteiger partial charge in [0.25, 0.3) is 0 Å². The molecule has 1 aliphatic rings. The molecule has 4 nitrogen and oxygen atoms in total. The van der Waals surface area contributed by atoms with Gasteiger partial charge in [0, 0.05) is 29.5 Å². The number of rotatable bonds is 3. The lowest BCUT2D eigenvalue weighted by atomic mass is 10.2. The lowest BCUT2D eigenvalue weighted by Gasteiger charge is -2.12. The van der Waals surface area contributed by atoms with Crippen LogP contribution in [0.25, 0.3) is 11.0 Å². The molecule has 0 bridgehead atoms. The van der Waals surface area contributed by atoms with Gasteiger partial charge in [-0.25, -0.2) is 4.98 Å². The fourth-order valence-electron chi connectivity index (χ4n) is 2.06. The zero-order chi connectivity index (χ0) is 12.4. The van der Waals surface area contributed by atoms with Gasteiger partial charge in [0.05, 0.1) is 11.6 Å². The van der Waals surface area contributed by atoms with Crippen molar-refractivity contribution in [3.63, 3.8) is 0 Å². The Morgan fingerprint density at radius 3 is 3.22 bits per heavy atom. The van der Waals surface area contributed by atoms with E-state index in [-0.39, 0.29) is 6.10 Å². The number of halogens is 1. The highest BCUT2D eigenvalue weighted by Gasteiger charge is 2.16. The highest BCUT2D eigenvalue weighted by Crippen LogP contribution is 2.24. The summed E-state index contributed by atoms with van der Waals surface area (Å²) >= 11 is 3.39. The zero-order valence-corrected chi connectivity index (χ0v) is 11.4. The standard InChI is InChI=1S/C13H13BrN2O2/c14-9-6-11-13(16-7-9)12(3-4-15-11)18-8-10-2-1-5-17-10/h3-4,6-7,10H,1-2,5,8H2. The lowest BCUT2D eigenvalue weighted by molar-refractivity contribution is 0.0684. The molecule has 94 valence electrons. The van der Waals surface area contributed by atoms with Crippen LogP contribution in [-0.4, -0.2) is 29.3 Å². The molecule has 0 amide bonds. The maximum atomic E-state index is 5.80. The van der Waals surface area contributed by atoms with Crippen LogP contribution in [0.1, 0.15) is 12.8 Å². The number of hydrogen-bond donors (Lipinski definition) is 0. The summed E-state index contributed by atoms with van der Waals surface area (Å²) in [6.45, 7) is 1.42. The Morgan fingerprint density at radius 1 is 1.44 bits per heavy atom. The number of aromatic nitrogens is 2. The number of pyridine rings is 2. The summed E-state index contributed by atoms with van der Waals surface area (Å²) in [5, 5.41) is 0. The van der Waals surface area contributed by atoms with Gasteiger partial charge in [0.1, 0.15) is 17.9 Å². The Labute approximate surface area is 113 Å². The van der Waals surface area contributed by atoms with Crippen molar-refractivity contribution in [2.24, 2.45) is 0 Å². The third-order valence-corrected chi connectivity index (χ3v) is 3.39. The summed E-state index contributed by atoms with van der Waals surface area (Å²) in [5.74, 6) is 0.767. The molecule has 0 aromatic carbocycles. The van der Waals surface area contributed by atoms with Crippen molar-refractivity contribution in [1.82, 2.24) is 9.97 Å². The van der Waals surface area contributed by atoms with Crippen molar-refractivity contribution in [3.8, 4) is 5.75 Å². The minimum atomic E-state index is 0.212. The molecule has 0 spiro atoms. The predicted octanol–water partition coefficient (Wildman–Crippen LogP) is 2.95. The summed E-state index contributed by atoms with van der Waals surface area (Å²) in [7, 11) is 0. The predicted molar refractivity (Wildman–Crippen MR) is 71.7 cm³/mol. The Kier molecular flexibility index (Phi) is 3.43. The molecule has 0 saturated carbocycles. The first-order chi connectivity index (χ1) is 8.83. The van der Waals surface area contributed by atoms with Crippen LogP contribution in [0.15, 0.2) is 29.0 Å². The van der Waals surface area contributed by atoms with Crippen LogP contribution in [-0.2, 0) is 4.74 Å². The Morgan fingerprint density at radius 2 is 2.39 bits per heavy atom. The number of fused-ring (bicyclic) bond motifs is 1. The molecule has 2 aromatic heterocycles. The minimum absolute atomic E-state index is 0.212. The van der Waals surface area contributed by atoms with Gasteiger partial charge in [-0.1, -0.05) is 0 Å². The van der Waals surface area contributed by atoms with Gasteiger partial charge >= 0.3 is 0 Å². The van der Waals surface area contributed by atoms with E-state index in [9.17, 15) is 0 Å². The van der Waals surface area contributed by atoms with E-state index in [0.717, 1.165) is 40.7 Å². The number of nitrogens with zero attached hydrogens (tertiary/aromatic N) is 2. The molecular weight excluding hydrogens is 296 g/mol. The maximum Gasteiger partial charge on any atom is 0.148 e. The first-order valence-electron chi connectivity index (χ1n) is 5.97. The van der Waals surface area contributed by atoms with Crippen LogP contribution >= 0.6 is 15.9 Å². The second-order valence-electron chi connectivity index (χ2n) is 4.28. The second kappa shape index (κ2) is 5.20. The minimum Gasteiger partial charge on any atom is -0.488 e. The van der Waals surface area contributed by atoms with Crippen LogP contribution in [0, 0.1) is 0 Å². The van der Waals surface area contributed by atoms with Crippen LogP contribution in [0.4, 0.5) is 0 Å². The van der Waals surface area contributed by atoms with Crippen molar-refractivity contribution in [2.45, 2.75) is 18.9 Å². The molecule has 3 rings (SSSR count). The first-order valence-corrected chi connectivity index (χ1v) is 6.77. The van der Waals surface area contributed by atoms with E-state index < -0.39 is 0 Å². The quantitative estimate of drug-likeness (QED) is 0.874. The van der Waals surface area contributed by atoms with Crippen molar-refractivity contribution >= 4 is 27.0 Å². The number of ether oxygens (including phenoxy) is 2. The van der Waals surface area contributed by atoms with Crippen LogP contribution < -0.4 is 4.74 Å².